The van der Waals surface area contributed by atoms with Crippen LogP contribution in [-0.4, -0.2) is 28.3 Å². The Morgan fingerprint density at radius 2 is 1.75 bits per heavy atom. The molecule has 0 spiro atoms. The number of phosphoric acid groups is 1. The molecule has 0 aliphatic heterocycles. The van der Waals surface area contributed by atoms with E-state index in [-0.39, 0.29) is 5.56 Å². The maximum Gasteiger partial charge on any atom is 0.527 e. The molecule has 1 aromatic rings. The average molecular weight is 358 g/mol. The van der Waals surface area contributed by atoms with Crippen molar-refractivity contribution in [3.8, 4) is 0 Å². The summed E-state index contributed by atoms with van der Waals surface area (Å²) >= 11 is 0. The van der Waals surface area contributed by atoms with Gasteiger partial charge in [0.25, 0.3) is 0 Å². The van der Waals surface area contributed by atoms with E-state index >= 15 is 0 Å². The van der Waals surface area contributed by atoms with Crippen molar-refractivity contribution < 1.29 is 33.2 Å². The Morgan fingerprint density at radius 1 is 1.08 bits per heavy atom. The van der Waals surface area contributed by atoms with Crippen LogP contribution >= 0.6 is 7.82 Å². The first-order valence-electron chi connectivity index (χ1n) is 7.88. The number of ether oxygens (including phenoxy) is 1. The van der Waals surface area contributed by atoms with Crippen LogP contribution in [0.2, 0.25) is 0 Å². The van der Waals surface area contributed by atoms with Crippen LogP contribution in [0.1, 0.15) is 65.8 Å². The Kier molecular flexibility index (Phi) is 8.11. The summed E-state index contributed by atoms with van der Waals surface area (Å²) in [5.41, 5.74) is 0.931. The number of carbonyl (C=O) groups is 2. The summed E-state index contributed by atoms with van der Waals surface area (Å²) in [6.07, 6.45) is 3.91. The lowest BCUT2D eigenvalue weighted by Gasteiger charge is -2.11. The fourth-order valence-corrected chi connectivity index (χ4v) is 2.36. The largest absolute Gasteiger partial charge is 0.527 e. The summed E-state index contributed by atoms with van der Waals surface area (Å²) in [6.45, 7) is 4.30. The lowest BCUT2D eigenvalue weighted by atomic mass is 9.99. The van der Waals surface area contributed by atoms with Gasteiger partial charge in [-0.2, -0.15) is 0 Å². The van der Waals surface area contributed by atoms with Gasteiger partial charge in [-0.3, -0.25) is 9.79 Å². The summed E-state index contributed by atoms with van der Waals surface area (Å²) in [5, 5.41) is 0. The van der Waals surface area contributed by atoms with E-state index in [1.807, 2.05) is 13.8 Å². The van der Waals surface area contributed by atoms with E-state index in [1.54, 1.807) is 0 Å². The van der Waals surface area contributed by atoms with Gasteiger partial charge >= 0.3 is 19.8 Å². The van der Waals surface area contributed by atoms with E-state index in [0.29, 0.717) is 24.2 Å². The predicted octanol–water partition coefficient (Wildman–Crippen LogP) is 3.24. The molecule has 1 rings (SSSR count). The van der Waals surface area contributed by atoms with E-state index in [0.717, 1.165) is 25.7 Å². The van der Waals surface area contributed by atoms with Gasteiger partial charge in [0.05, 0.1) is 17.7 Å². The van der Waals surface area contributed by atoms with E-state index in [2.05, 4.69) is 4.52 Å². The highest BCUT2D eigenvalue weighted by molar-refractivity contribution is 7.46. The number of hydrogen-bond acceptors (Lipinski definition) is 5. The number of rotatable bonds is 9. The van der Waals surface area contributed by atoms with E-state index in [9.17, 15) is 14.2 Å². The van der Waals surface area contributed by atoms with Crippen LogP contribution < -0.4 is 0 Å². The third-order valence-electron chi connectivity index (χ3n) is 3.29. The highest BCUT2D eigenvalue weighted by atomic mass is 31.2. The first-order valence-corrected chi connectivity index (χ1v) is 9.41. The molecular formula is C16H23O7P. The van der Waals surface area contributed by atoms with Crippen molar-refractivity contribution in [3.05, 3.63) is 34.9 Å². The molecule has 0 aliphatic rings. The Hall–Kier alpha value is -1.69. The predicted molar refractivity (Wildman–Crippen MR) is 87.7 cm³/mol. The molecule has 0 aliphatic carbocycles. The van der Waals surface area contributed by atoms with E-state index < -0.39 is 19.8 Å². The van der Waals surface area contributed by atoms with Crippen LogP contribution in [0.5, 0.6) is 0 Å². The van der Waals surface area contributed by atoms with Crippen molar-refractivity contribution in [2.45, 2.75) is 46.0 Å². The zero-order valence-electron chi connectivity index (χ0n) is 13.9. The number of benzene rings is 1. The minimum Gasteiger partial charge on any atom is -0.462 e. The zero-order valence-corrected chi connectivity index (χ0v) is 14.8. The SMILES string of the molecule is CCCCOC(=O)c1ccc(C(=O)OP(=O)(O)O)cc1CCCC. The Balaban J connectivity index is 3.01. The fourth-order valence-electron chi connectivity index (χ4n) is 2.04. The second kappa shape index (κ2) is 9.57. The molecule has 8 heteroatoms. The quantitative estimate of drug-likeness (QED) is 0.396. The van der Waals surface area contributed by atoms with Gasteiger partial charge in [-0.1, -0.05) is 26.7 Å². The summed E-state index contributed by atoms with van der Waals surface area (Å²) in [5.74, 6) is -1.60. The smallest absolute Gasteiger partial charge is 0.462 e. The maximum absolute atomic E-state index is 12.2. The van der Waals surface area contributed by atoms with Gasteiger partial charge in [0.2, 0.25) is 0 Å². The highest BCUT2D eigenvalue weighted by Crippen LogP contribution is 2.37. The normalized spacial score (nSPS) is 11.2. The number of phosphoric ester groups is 1. The zero-order chi connectivity index (χ0) is 18.2. The van der Waals surface area contributed by atoms with Crippen molar-refractivity contribution in [2.24, 2.45) is 0 Å². The average Bonchev–Trinajstić information content (AvgIpc) is 2.51. The number of esters is 1. The van der Waals surface area contributed by atoms with Crippen molar-refractivity contribution in [3.63, 3.8) is 0 Å². The molecule has 0 atom stereocenters. The monoisotopic (exact) mass is 358 g/mol. The molecule has 24 heavy (non-hydrogen) atoms. The first-order chi connectivity index (χ1) is 11.3. The Labute approximate surface area is 141 Å². The molecule has 0 unspecified atom stereocenters. The molecule has 0 aromatic heterocycles. The van der Waals surface area contributed by atoms with Gasteiger partial charge in [0.15, 0.2) is 0 Å². The van der Waals surface area contributed by atoms with E-state index in [1.165, 1.54) is 18.2 Å². The summed E-state index contributed by atoms with van der Waals surface area (Å²) in [4.78, 5) is 41.3. The maximum atomic E-state index is 12.2. The van der Waals surface area contributed by atoms with Gasteiger partial charge in [-0.05, 0) is 43.0 Å². The second-order valence-corrected chi connectivity index (χ2v) is 6.50. The van der Waals surface area contributed by atoms with Crippen molar-refractivity contribution in [1.82, 2.24) is 0 Å². The molecule has 0 radical (unpaired) electrons. The topological polar surface area (TPSA) is 110 Å². The summed E-state index contributed by atoms with van der Waals surface area (Å²) in [6, 6.07) is 4.14. The third-order valence-corrected chi connectivity index (χ3v) is 3.70. The van der Waals surface area contributed by atoms with Crippen molar-refractivity contribution >= 4 is 19.8 Å². The lowest BCUT2D eigenvalue weighted by Crippen LogP contribution is -2.11. The third kappa shape index (κ3) is 6.83. The van der Waals surface area contributed by atoms with Crippen LogP contribution in [0, 0.1) is 0 Å². The minimum atomic E-state index is -4.91. The summed E-state index contributed by atoms with van der Waals surface area (Å²) < 4.78 is 20.0. The number of carbonyl (C=O) groups excluding carboxylic acids is 2. The number of hydrogen-bond donors (Lipinski definition) is 2. The van der Waals surface area contributed by atoms with Crippen molar-refractivity contribution in [1.29, 1.82) is 0 Å². The summed E-state index contributed by atoms with van der Waals surface area (Å²) in [7, 11) is -4.91. The molecule has 2 N–H and O–H groups in total. The van der Waals surface area contributed by atoms with E-state index in [4.69, 9.17) is 14.5 Å². The van der Waals surface area contributed by atoms with Gasteiger partial charge in [0, 0.05) is 0 Å². The van der Waals surface area contributed by atoms with Gasteiger partial charge in [-0.15, -0.1) is 0 Å². The molecule has 0 amide bonds. The second-order valence-electron chi connectivity index (χ2n) is 5.33. The van der Waals surface area contributed by atoms with Gasteiger partial charge < -0.3 is 9.26 Å². The molecule has 1 aromatic carbocycles. The molecule has 7 nitrogen and oxygen atoms in total. The number of aryl methyl sites for hydroxylation is 1. The molecule has 0 saturated heterocycles. The number of unbranched alkanes of at least 4 members (excludes halogenated alkanes) is 2. The van der Waals surface area contributed by atoms with Crippen LogP contribution in [-0.2, 0) is 20.2 Å². The molecule has 134 valence electrons. The molecule has 0 heterocycles. The van der Waals surface area contributed by atoms with Gasteiger partial charge in [0.1, 0.15) is 0 Å². The van der Waals surface area contributed by atoms with Crippen LogP contribution in [0.25, 0.3) is 0 Å². The first kappa shape index (κ1) is 20.4. The van der Waals surface area contributed by atoms with Crippen molar-refractivity contribution in [2.75, 3.05) is 6.61 Å². The molecule has 0 fully saturated rings. The fraction of sp³-hybridized carbons (Fsp3) is 0.500. The highest BCUT2D eigenvalue weighted by Gasteiger charge is 2.23. The lowest BCUT2D eigenvalue weighted by molar-refractivity contribution is 0.0496. The molecule has 0 bridgehead atoms. The van der Waals surface area contributed by atoms with Crippen LogP contribution in [0.15, 0.2) is 18.2 Å². The standard InChI is InChI=1S/C16H23O7P/c1-3-5-7-12-11-13(15(17)23-24(19,20)21)8-9-14(12)16(18)22-10-6-4-2/h8-9,11H,3-7,10H2,1-2H3,(H2,19,20,21). The Bertz CT molecular complexity index is 621. The van der Waals surface area contributed by atoms with Gasteiger partial charge in [-0.25, -0.2) is 14.2 Å². The molecular weight excluding hydrogens is 335 g/mol. The Morgan fingerprint density at radius 3 is 2.33 bits per heavy atom. The molecule has 0 saturated carbocycles. The minimum absolute atomic E-state index is 0.0189. The van der Waals surface area contributed by atoms with Crippen LogP contribution in [0.4, 0.5) is 0 Å². The van der Waals surface area contributed by atoms with Crippen LogP contribution in [0.3, 0.4) is 0 Å².